The van der Waals surface area contributed by atoms with Crippen LogP contribution in [0.5, 0.6) is 0 Å². The summed E-state index contributed by atoms with van der Waals surface area (Å²) in [7, 11) is 0. The van der Waals surface area contributed by atoms with Crippen LogP contribution in [0.3, 0.4) is 0 Å². The van der Waals surface area contributed by atoms with E-state index >= 15 is 0 Å². The molecule has 1 aromatic carbocycles. The zero-order valence-electron chi connectivity index (χ0n) is 11.8. The highest BCUT2D eigenvalue weighted by molar-refractivity contribution is 5.98. The van der Waals surface area contributed by atoms with E-state index in [1.54, 1.807) is 4.90 Å². The number of rotatable bonds is 3. The molecule has 1 aliphatic heterocycles. The van der Waals surface area contributed by atoms with Crippen molar-refractivity contribution in [2.45, 2.75) is 25.8 Å². The second-order valence-corrected chi connectivity index (χ2v) is 5.29. The fourth-order valence-corrected chi connectivity index (χ4v) is 2.67. The fraction of sp³-hybridized carbons (Fsp3) is 0.500. The van der Waals surface area contributed by atoms with E-state index < -0.39 is 22.3 Å². The first-order valence-corrected chi connectivity index (χ1v) is 6.92. The molecule has 1 saturated heterocycles. The SMILES string of the molecule is CCC1CN(C(=O)c2ccc(F)cc2[N+](=O)[O-])CCC1N. The van der Waals surface area contributed by atoms with Crippen LogP contribution >= 0.6 is 0 Å². The standard InChI is InChI=1S/C14H18FN3O3/c1-2-9-8-17(6-5-12(9)16)14(19)11-4-3-10(15)7-13(11)18(20)21/h3-4,7,9,12H,2,5-6,8,16H2,1H3. The average molecular weight is 295 g/mol. The molecule has 0 aliphatic carbocycles. The molecule has 0 bridgehead atoms. The number of nitrogens with zero attached hydrogens (tertiary/aromatic N) is 2. The number of piperidine rings is 1. The summed E-state index contributed by atoms with van der Waals surface area (Å²) >= 11 is 0. The number of nitrogens with two attached hydrogens (primary N) is 1. The van der Waals surface area contributed by atoms with Crippen molar-refractivity contribution >= 4 is 11.6 Å². The Hall–Kier alpha value is -2.02. The topological polar surface area (TPSA) is 89.5 Å². The zero-order chi connectivity index (χ0) is 15.6. The Bertz CT molecular complexity index is 564. The first-order valence-electron chi connectivity index (χ1n) is 6.92. The van der Waals surface area contributed by atoms with E-state index in [-0.39, 0.29) is 17.5 Å². The maximum atomic E-state index is 13.1. The van der Waals surface area contributed by atoms with Gasteiger partial charge in [-0.25, -0.2) is 4.39 Å². The fourth-order valence-electron chi connectivity index (χ4n) is 2.67. The highest BCUT2D eigenvalue weighted by atomic mass is 19.1. The molecular weight excluding hydrogens is 277 g/mol. The highest BCUT2D eigenvalue weighted by Crippen LogP contribution is 2.25. The van der Waals surface area contributed by atoms with Gasteiger partial charge in [0.25, 0.3) is 11.6 Å². The first kappa shape index (κ1) is 15.4. The minimum atomic E-state index is -0.733. The number of likely N-dealkylation sites (tertiary alicyclic amines) is 1. The van der Waals surface area contributed by atoms with E-state index in [9.17, 15) is 19.3 Å². The van der Waals surface area contributed by atoms with Gasteiger partial charge in [-0.15, -0.1) is 0 Å². The zero-order valence-corrected chi connectivity index (χ0v) is 11.8. The van der Waals surface area contributed by atoms with E-state index in [2.05, 4.69) is 0 Å². The number of halogens is 1. The summed E-state index contributed by atoms with van der Waals surface area (Å²) in [6.07, 6.45) is 1.51. The van der Waals surface area contributed by atoms with Crippen LogP contribution in [-0.4, -0.2) is 34.9 Å². The second kappa shape index (κ2) is 6.17. The molecule has 7 heteroatoms. The van der Waals surface area contributed by atoms with Crippen molar-refractivity contribution in [3.05, 3.63) is 39.7 Å². The average Bonchev–Trinajstić information content (AvgIpc) is 2.47. The summed E-state index contributed by atoms with van der Waals surface area (Å²) in [4.78, 5) is 24.3. The maximum Gasteiger partial charge on any atom is 0.285 e. The molecule has 21 heavy (non-hydrogen) atoms. The number of benzene rings is 1. The smallest absolute Gasteiger partial charge is 0.285 e. The van der Waals surface area contributed by atoms with Gasteiger partial charge in [-0.2, -0.15) is 0 Å². The van der Waals surface area contributed by atoms with Gasteiger partial charge in [0.15, 0.2) is 0 Å². The lowest BCUT2D eigenvalue weighted by molar-refractivity contribution is -0.385. The van der Waals surface area contributed by atoms with Crippen LogP contribution in [0.4, 0.5) is 10.1 Å². The van der Waals surface area contributed by atoms with Crippen LogP contribution in [0.1, 0.15) is 30.1 Å². The molecule has 6 nitrogen and oxygen atoms in total. The lowest BCUT2D eigenvalue weighted by Gasteiger charge is -2.36. The molecule has 1 aromatic rings. The Balaban J connectivity index is 2.26. The molecule has 2 N–H and O–H groups in total. The third-order valence-electron chi connectivity index (χ3n) is 3.99. The Morgan fingerprint density at radius 2 is 2.29 bits per heavy atom. The molecule has 2 unspecified atom stereocenters. The Morgan fingerprint density at radius 3 is 2.90 bits per heavy atom. The molecule has 1 amide bonds. The van der Waals surface area contributed by atoms with E-state index in [0.29, 0.717) is 19.5 Å². The van der Waals surface area contributed by atoms with E-state index in [4.69, 9.17) is 5.73 Å². The van der Waals surface area contributed by atoms with Crippen molar-refractivity contribution in [3.63, 3.8) is 0 Å². The maximum absolute atomic E-state index is 13.1. The Morgan fingerprint density at radius 1 is 1.57 bits per heavy atom. The van der Waals surface area contributed by atoms with Crippen molar-refractivity contribution in [1.29, 1.82) is 0 Å². The first-order chi connectivity index (χ1) is 9.93. The molecule has 0 radical (unpaired) electrons. The number of nitro benzene ring substituents is 1. The third kappa shape index (κ3) is 3.18. The lowest BCUT2D eigenvalue weighted by Crippen LogP contribution is -2.49. The van der Waals surface area contributed by atoms with Crippen LogP contribution in [0.15, 0.2) is 18.2 Å². The largest absolute Gasteiger partial charge is 0.338 e. The van der Waals surface area contributed by atoms with Crippen LogP contribution in [0.2, 0.25) is 0 Å². The summed E-state index contributed by atoms with van der Waals surface area (Å²) in [6, 6.07) is 3.06. The molecule has 0 saturated carbocycles. The number of nitro groups is 1. The summed E-state index contributed by atoms with van der Waals surface area (Å²) in [6.45, 7) is 2.94. The minimum absolute atomic E-state index is 0.0438. The Kier molecular flexibility index (Phi) is 4.52. The summed E-state index contributed by atoms with van der Waals surface area (Å²) in [5.41, 5.74) is 5.42. The van der Waals surface area contributed by atoms with Crippen molar-refractivity contribution in [2.75, 3.05) is 13.1 Å². The third-order valence-corrected chi connectivity index (χ3v) is 3.99. The second-order valence-electron chi connectivity index (χ2n) is 5.29. The van der Waals surface area contributed by atoms with Crippen LogP contribution in [-0.2, 0) is 0 Å². The van der Waals surface area contributed by atoms with Crippen molar-refractivity contribution in [2.24, 2.45) is 11.7 Å². The molecule has 1 fully saturated rings. The molecule has 2 rings (SSSR count). The van der Waals surface area contributed by atoms with Gasteiger partial charge in [0, 0.05) is 19.1 Å². The molecule has 114 valence electrons. The van der Waals surface area contributed by atoms with Gasteiger partial charge in [0.2, 0.25) is 0 Å². The summed E-state index contributed by atoms with van der Waals surface area (Å²) < 4.78 is 13.1. The monoisotopic (exact) mass is 295 g/mol. The lowest BCUT2D eigenvalue weighted by atomic mass is 9.90. The molecule has 0 spiro atoms. The number of amides is 1. The van der Waals surface area contributed by atoms with Gasteiger partial charge in [0.05, 0.1) is 11.0 Å². The number of hydrogen-bond acceptors (Lipinski definition) is 4. The van der Waals surface area contributed by atoms with Gasteiger partial charge < -0.3 is 10.6 Å². The van der Waals surface area contributed by atoms with E-state index in [1.807, 2.05) is 6.92 Å². The van der Waals surface area contributed by atoms with Gasteiger partial charge in [-0.1, -0.05) is 13.3 Å². The van der Waals surface area contributed by atoms with Gasteiger partial charge >= 0.3 is 0 Å². The predicted molar refractivity (Wildman–Crippen MR) is 75.3 cm³/mol. The van der Waals surface area contributed by atoms with Crippen LogP contribution in [0.25, 0.3) is 0 Å². The minimum Gasteiger partial charge on any atom is -0.338 e. The normalized spacial score (nSPS) is 22.1. The number of carbonyl (C=O) groups excluding carboxylic acids is 1. The van der Waals surface area contributed by atoms with Crippen molar-refractivity contribution in [3.8, 4) is 0 Å². The molecule has 1 heterocycles. The van der Waals surface area contributed by atoms with Crippen LogP contribution < -0.4 is 5.73 Å². The number of carbonyl (C=O) groups is 1. The summed E-state index contributed by atoms with van der Waals surface area (Å²) in [5.74, 6) is -0.986. The number of hydrogen-bond donors (Lipinski definition) is 1. The van der Waals surface area contributed by atoms with Gasteiger partial charge in [-0.3, -0.25) is 14.9 Å². The van der Waals surface area contributed by atoms with E-state index in [1.165, 1.54) is 6.07 Å². The van der Waals surface area contributed by atoms with Crippen LogP contribution in [0, 0.1) is 21.8 Å². The predicted octanol–water partition coefficient (Wildman–Crippen LogP) is 1.93. The molecule has 0 aromatic heterocycles. The van der Waals surface area contributed by atoms with Gasteiger partial charge in [-0.05, 0) is 24.5 Å². The van der Waals surface area contributed by atoms with E-state index in [0.717, 1.165) is 18.6 Å². The quantitative estimate of drug-likeness (QED) is 0.681. The van der Waals surface area contributed by atoms with Gasteiger partial charge in [0.1, 0.15) is 11.4 Å². The highest BCUT2D eigenvalue weighted by Gasteiger charge is 2.31. The molecular formula is C14H18FN3O3. The molecule has 2 atom stereocenters. The van der Waals surface area contributed by atoms with Crippen molar-refractivity contribution < 1.29 is 14.1 Å². The molecule has 1 aliphatic rings. The summed E-state index contributed by atoms with van der Waals surface area (Å²) in [5, 5.41) is 11.0. The van der Waals surface area contributed by atoms with Crippen molar-refractivity contribution in [1.82, 2.24) is 4.90 Å². The Labute approximate surface area is 121 Å².